The lowest BCUT2D eigenvalue weighted by atomic mass is 10.0. The highest BCUT2D eigenvalue weighted by molar-refractivity contribution is 7.98. The van der Waals surface area contributed by atoms with E-state index in [4.69, 9.17) is 4.74 Å². The molecule has 152 valence electrons. The molecular formula is C22H21N4O3S+. The number of carbonyl (C=O) groups excluding carboxylic acids is 1. The zero-order valence-corrected chi connectivity index (χ0v) is 17.5. The fraction of sp³-hybridized carbons (Fsp3) is 0.182. The van der Waals surface area contributed by atoms with E-state index in [1.54, 1.807) is 15.7 Å². The topological polar surface area (TPSA) is 79.2 Å². The van der Waals surface area contributed by atoms with E-state index >= 15 is 0 Å². The van der Waals surface area contributed by atoms with Gasteiger partial charge >= 0.3 is 11.3 Å². The molecule has 4 rings (SSSR count). The largest absolute Gasteiger partial charge is 0.490 e. The summed E-state index contributed by atoms with van der Waals surface area (Å²) in [6, 6.07) is 14.8. The number of rotatable bonds is 5. The van der Waals surface area contributed by atoms with Crippen molar-refractivity contribution in [3.8, 4) is 17.0 Å². The van der Waals surface area contributed by atoms with Crippen molar-refractivity contribution < 1.29 is 14.2 Å². The van der Waals surface area contributed by atoms with Gasteiger partial charge in [-0.1, -0.05) is 36.5 Å². The average Bonchev–Trinajstić information content (AvgIpc) is 2.76. The van der Waals surface area contributed by atoms with E-state index in [-0.39, 0.29) is 11.5 Å². The number of nitrogens with zero attached hydrogens (tertiary/aromatic N) is 3. The number of benzene rings is 2. The Morgan fingerprint density at radius 3 is 2.70 bits per heavy atom. The number of carbonyl (C=O) groups is 1. The quantitative estimate of drug-likeness (QED) is 0.389. The highest BCUT2D eigenvalue weighted by Gasteiger charge is 2.44. The van der Waals surface area contributed by atoms with Gasteiger partial charge in [0.15, 0.2) is 0 Å². The zero-order valence-electron chi connectivity index (χ0n) is 16.7. The van der Waals surface area contributed by atoms with E-state index in [0.29, 0.717) is 34.5 Å². The number of hydrogen-bond donors (Lipinski definition) is 1. The van der Waals surface area contributed by atoms with Gasteiger partial charge in [0.25, 0.3) is 6.17 Å². The zero-order chi connectivity index (χ0) is 21.3. The minimum Gasteiger partial charge on any atom is -0.490 e. The third kappa shape index (κ3) is 3.39. The van der Waals surface area contributed by atoms with Crippen molar-refractivity contribution in [2.45, 2.75) is 18.2 Å². The lowest BCUT2D eigenvalue weighted by Gasteiger charge is -2.31. The Balaban J connectivity index is 1.95. The van der Waals surface area contributed by atoms with Crippen molar-refractivity contribution in [1.29, 1.82) is 0 Å². The molecule has 1 atom stereocenters. The molecule has 0 spiro atoms. The molecule has 0 saturated heterocycles. The molecule has 3 aromatic rings. The second kappa shape index (κ2) is 8.16. The van der Waals surface area contributed by atoms with Crippen molar-refractivity contribution in [2.24, 2.45) is 0 Å². The van der Waals surface area contributed by atoms with Crippen LogP contribution in [0.25, 0.3) is 11.3 Å². The molecule has 7 nitrogen and oxygen atoms in total. The average molecular weight is 422 g/mol. The molecule has 0 aliphatic carbocycles. The molecule has 8 heteroatoms. The number of thioether (sulfide) groups is 1. The Labute approximate surface area is 178 Å². The molecule has 1 unspecified atom stereocenters. The molecule has 2 heterocycles. The van der Waals surface area contributed by atoms with Crippen molar-refractivity contribution in [3.63, 3.8) is 0 Å². The van der Waals surface area contributed by atoms with Gasteiger partial charge in [-0.05, 0) is 47.3 Å². The molecule has 0 fully saturated rings. The summed E-state index contributed by atoms with van der Waals surface area (Å²) >= 11 is 1.34. The van der Waals surface area contributed by atoms with Crippen LogP contribution in [0.5, 0.6) is 5.75 Å². The normalized spacial score (nSPS) is 14.6. The van der Waals surface area contributed by atoms with Gasteiger partial charge in [-0.25, -0.2) is 4.90 Å². The number of anilines is 1. The van der Waals surface area contributed by atoms with E-state index in [0.717, 1.165) is 5.56 Å². The first kappa shape index (κ1) is 19.9. The van der Waals surface area contributed by atoms with E-state index in [2.05, 4.69) is 16.7 Å². The van der Waals surface area contributed by atoms with Crippen molar-refractivity contribution in [1.82, 2.24) is 10.1 Å². The fourth-order valence-electron chi connectivity index (χ4n) is 3.60. The van der Waals surface area contributed by atoms with Gasteiger partial charge in [0, 0.05) is 17.6 Å². The summed E-state index contributed by atoms with van der Waals surface area (Å²) in [6.45, 7) is 5.57. The highest BCUT2D eigenvalue weighted by atomic mass is 32.2. The lowest BCUT2D eigenvalue weighted by molar-refractivity contribution is -0.763. The molecule has 1 aliphatic heterocycles. The molecule has 2 aromatic carbocycles. The van der Waals surface area contributed by atoms with Crippen LogP contribution in [0.2, 0.25) is 0 Å². The summed E-state index contributed by atoms with van der Waals surface area (Å²) < 4.78 is 7.21. The van der Waals surface area contributed by atoms with Crippen LogP contribution in [0, 0.1) is 0 Å². The molecule has 0 radical (unpaired) electrons. The second-order valence-electron chi connectivity index (χ2n) is 6.71. The highest BCUT2D eigenvalue weighted by Crippen LogP contribution is 2.37. The number of para-hydroxylation sites is 1. The SMILES string of the molecule is C=CCOc1ccc(C2N(C(C)=O)c3ccccc3-c3c(=O)[nH]c(SC)n[n+]32)cc1. The number of ether oxygens (including phenoxy) is 1. The summed E-state index contributed by atoms with van der Waals surface area (Å²) in [6.07, 6.45) is 2.91. The fourth-order valence-corrected chi connectivity index (χ4v) is 3.96. The summed E-state index contributed by atoms with van der Waals surface area (Å²) in [5, 5.41) is 5.11. The standard InChI is InChI=1S/C22H20N4O3S/c1-4-13-29-16-11-9-15(10-12-16)21-25(14(2)27)18-8-6-5-7-17(18)19-20(28)23-22(30-3)24-26(19)21/h4-12,21H,1,13H2,2-3H3/p+1. The summed E-state index contributed by atoms with van der Waals surface area (Å²) in [4.78, 5) is 30.2. The Morgan fingerprint density at radius 2 is 2.03 bits per heavy atom. The van der Waals surface area contributed by atoms with Crippen LogP contribution in [0.1, 0.15) is 18.7 Å². The van der Waals surface area contributed by atoms with Gasteiger partial charge in [-0.3, -0.25) is 14.6 Å². The van der Waals surface area contributed by atoms with Gasteiger partial charge in [0.2, 0.25) is 11.1 Å². The number of aromatic nitrogens is 3. The molecule has 1 aromatic heterocycles. The first-order chi connectivity index (χ1) is 14.5. The first-order valence-corrected chi connectivity index (χ1v) is 10.6. The van der Waals surface area contributed by atoms with Gasteiger partial charge < -0.3 is 4.74 Å². The maximum absolute atomic E-state index is 13.0. The molecule has 0 saturated carbocycles. The predicted octanol–water partition coefficient (Wildman–Crippen LogP) is 2.92. The van der Waals surface area contributed by atoms with Crippen LogP contribution in [0.15, 0.2) is 71.1 Å². The van der Waals surface area contributed by atoms with Gasteiger partial charge in [0.05, 0.1) is 11.3 Å². The van der Waals surface area contributed by atoms with Gasteiger partial charge in [0.1, 0.15) is 12.4 Å². The van der Waals surface area contributed by atoms with E-state index in [1.807, 2.05) is 54.8 Å². The third-order valence-corrected chi connectivity index (χ3v) is 5.41. The van der Waals surface area contributed by atoms with Crippen molar-refractivity contribution in [2.75, 3.05) is 17.8 Å². The first-order valence-electron chi connectivity index (χ1n) is 9.38. The Kier molecular flexibility index (Phi) is 5.41. The van der Waals surface area contributed by atoms with Crippen LogP contribution in [0.4, 0.5) is 5.69 Å². The minimum atomic E-state index is -0.603. The van der Waals surface area contributed by atoms with E-state index in [9.17, 15) is 9.59 Å². The maximum atomic E-state index is 13.0. The van der Waals surface area contributed by atoms with Crippen LogP contribution in [0.3, 0.4) is 0 Å². The summed E-state index contributed by atoms with van der Waals surface area (Å²) in [7, 11) is 0. The van der Waals surface area contributed by atoms with E-state index in [1.165, 1.54) is 18.7 Å². The van der Waals surface area contributed by atoms with E-state index < -0.39 is 6.17 Å². The maximum Gasteiger partial charge on any atom is 0.325 e. The minimum absolute atomic E-state index is 0.148. The smallest absolute Gasteiger partial charge is 0.325 e. The van der Waals surface area contributed by atoms with Crippen LogP contribution in [-0.4, -0.2) is 28.9 Å². The third-order valence-electron chi connectivity index (χ3n) is 4.84. The van der Waals surface area contributed by atoms with Gasteiger partial charge in [-0.15, -0.1) is 0 Å². The van der Waals surface area contributed by atoms with Gasteiger partial charge in [-0.2, -0.15) is 0 Å². The monoisotopic (exact) mass is 421 g/mol. The lowest BCUT2D eigenvalue weighted by Crippen LogP contribution is -2.60. The molecule has 0 bridgehead atoms. The number of nitrogens with one attached hydrogen (secondary N) is 1. The number of fused-ring (bicyclic) bond motifs is 3. The number of aromatic amines is 1. The molecular weight excluding hydrogens is 400 g/mol. The predicted molar refractivity (Wildman–Crippen MR) is 116 cm³/mol. The Bertz CT molecular complexity index is 1170. The summed E-state index contributed by atoms with van der Waals surface area (Å²) in [5.41, 5.74) is 2.31. The van der Waals surface area contributed by atoms with Crippen LogP contribution >= 0.6 is 11.8 Å². The Morgan fingerprint density at radius 1 is 1.30 bits per heavy atom. The summed E-state index contributed by atoms with van der Waals surface area (Å²) in [5.74, 6) is 0.545. The molecule has 30 heavy (non-hydrogen) atoms. The number of hydrogen-bond acceptors (Lipinski definition) is 5. The van der Waals surface area contributed by atoms with Crippen molar-refractivity contribution in [3.05, 3.63) is 77.1 Å². The van der Waals surface area contributed by atoms with Crippen molar-refractivity contribution >= 4 is 23.4 Å². The molecule has 1 aliphatic rings. The number of H-pyrrole nitrogens is 1. The number of amides is 1. The Hall–Kier alpha value is -3.39. The second-order valence-corrected chi connectivity index (χ2v) is 7.50. The van der Waals surface area contributed by atoms with Crippen LogP contribution in [-0.2, 0) is 4.79 Å². The molecule has 1 N–H and O–H groups in total. The van der Waals surface area contributed by atoms with Crippen LogP contribution < -0.4 is 19.9 Å². The molecule has 1 amide bonds.